The third kappa shape index (κ3) is 2.69. The van der Waals surface area contributed by atoms with Gasteiger partial charge in [0, 0.05) is 5.92 Å². The highest BCUT2D eigenvalue weighted by Gasteiger charge is 2.51. The van der Waals surface area contributed by atoms with E-state index in [0.29, 0.717) is 11.8 Å². The van der Waals surface area contributed by atoms with Gasteiger partial charge in [-0.1, -0.05) is 13.8 Å². The quantitative estimate of drug-likeness (QED) is 0.810. The Hall–Kier alpha value is -1.06. The molecule has 1 unspecified atom stereocenters. The van der Waals surface area contributed by atoms with Crippen molar-refractivity contribution in [3.05, 3.63) is 0 Å². The number of rotatable bonds is 4. The van der Waals surface area contributed by atoms with Gasteiger partial charge in [0.05, 0.1) is 7.11 Å². The zero-order valence-electron chi connectivity index (χ0n) is 13.3. The Morgan fingerprint density at radius 1 is 1.00 bits per heavy atom. The number of esters is 1. The standard InChI is InChI=1S/C17H27NO3/c1-9(2)15(17(20)21-3)18-16(19)14-12-5-10-4-11(7-12)8-13(14)6-10/h9-15H,4-8H2,1-3H3,(H,18,19). The summed E-state index contributed by atoms with van der Waals surface area (Å²) >= 11 is 0. The highest BCUT2D eigenvalue weighted by molar-refractivity contribution is 5.86. The van der Waals surface area contributed by atoms with Gasteiger partial charge in [-0.3, -0.25) is 4.79 Å². The molecule has 4 saturated carbocycles. The summed E-state index contributed by atoms with van der Waals surface area (Å²) < 4.78 is 4.83. The van der Waals surface area contributed by atoms with Crippen molar-refractivity contribution in [3.8, 4) is 0 Å². The van der Waals surface area contributed by atoms with Crippen LogP contribution >= 0.6 is 0 Å². The topological polar surface area (TPSA) is 55.4 Å². The number of hydrogen-bond acceptors (Lipinski definition) is 3. The fourth-order valence-corrected chi connectivity index (χ4v) is 5.23. The lowest BCUT2D eigenvalue weighted by Gasteiger charge is -2.53. The number of carbonyl (C=O) groups is 2. The van der Waals surface area contributed by atoms with Crippen molar-refractivity contribution in [1.29, 1.82) is 0 Å². The molecular weight excluding hydrogens is 266 g/mol. The molecule has 0 aromatic carbocycles. The molecule has 4 nitrogen and oxygen atoms in total. The Bertz CT molecular complexity index is 404. The molecule has 0 radical (unpaired) electrons. The van der Waals surface area contributed by atoms with Crippen LogP contribution in [0.4, 0.5) is 0 Å². The number of nitrogens with one attached hydrogen (secondary N) is 1. The third-order valence-corrected chi connectivity index (χ3v) is 5.95. The largest absolute Gasteiger partial charge is 0.467 e. The van der Waals surface area contributed by atoms with E-state index >= 15 is 0 Å². The van der Waals surface area contributed by atoms with Crippen LogP contribution in [0.1, 0.15) is 46.0 Å². The molecule has 0 aromatic rings. The predicted molar refractivity (Wildman–Crippen MR) is 79.3 cm³/mol. The maximum absolute atomic E-state index is 12.7. The molecule has 0 heterocycles. The summed E-state index contributed by atoms with van der Waals surface area (Å²) in [5.74, 6) is 2.76. The van der Waals surface area contributed by atoms with E-state index in [2.05, 4.69) is 5.32 Å². The van der Waals surface area contributed by atoms with Crippen LogP contribution in [0, 0.1) is 35.5 Å². The van der Waals surface area contributed by atoms with Crippen LogP contribution in [0.25, 0.3) is 0 Å². The van der Waals surface area contributed by atoms with Crippen LogP contribution in [0.3, 0.4) is 0 Å². The molecule has 0 aliphatic heterocycles. The van der Waals surface area contributed by atoms with Crippen molar-refractivity contribution in [2.75, 3.05) is 7.11 Å². The van der Waals surface area contributed by atoms with Gasteiger partial charge in [0.25, 0.3) is 0 Å². The summed E-state index contributed by atoms with van der Waals surface area (Å²) in [7, 11) is 1.38. The molecule has 0 spiro atoms. The maximum Gasteiger partial charge on any atom is 0.328 e. The second kappa shape index (κ2) is 5.62. The van der Waals surface area contributed by atoms with Crippen molar-refractivity contribution in [2.24, 2.45) is 35.5 Å². The monoisotopic (exact) mass is 293 g/mol. The van der Waals surface area contributed by atoms with Gasteiger partial charge >= 0.3 is 5.97 Å². The molecule has 1 atom stereocenters. The van der Waals surface area contributed by atoms with Gasteiger partial charge in [-0.05, 0) is 61.7 Å². The minimum absolute atomic E-state index is 0.0539. The zero-order chi connectivity index (χ0) is 15.1. The third-order valence-electron chi connectivity index (χ3n) is 5.95. The van der Waals surface area contributed by atoms with Crippen molar-refractivity contribution < 1.29 is 14.3 Å². The van der Waals surface area contributed by atoms with Gasteiger partial charge in [0.2, 0.25) is 5.91 Å². The zero-order valence-corrected chi connectivity index (χ0v) is 13.3. The van der Waals surface area contributed by atoms with Gasteiger partial charge in [-0.25, -0.2) is 4.79 Å². The van der Waals surface area contributed by atoms with E-state index in [1.807, 2.05) is 13.8 Å². The smallest absolute Gasteiger partial charge is 0.328 e. The van der Waals surface area contributed by atoms with Gasteiger partial charge in [-0.2, -0.15) is 0 Å². The summed E-state index contributed by atoms with van der Waals surface area (Å²) in [4.78, 5) is 24.6. The summed E-state index contributed by atoms with van der Waals surface area (Å²) in [6.45, 7) is 3.89. The van der Waals surface area contributed by atoms with E-state index in [0.717, 1.165) is 11.8 Å². The molecule has 1 amide bonds. The average molecular weight is 293 g/mol. The van der Waals surface area contributed by atoms with Crippen molar-refractivity contribution in [3.63, 3.8) is 0 Å². The summed E-state index contributed by atoms with van der Waals surface area (Å²) in [5.41, 5.74) is 0. The van der Waals surface area contributed by atoms with Crippen molar-refractivity contribution >= 4 is 11.9 Å². The number of hydrogen-bond donors (Lipinski definition) is 1. The lowest BCUT2D eigenvalue weighted by Crippen LogP contribution is -2.54. The first-order valence-electron chi connectivity index (χ1n) is 8.37. The first-order chi connectivity index (χ1) is 9.99. The molecule has 4 heteroatoms. The molecule has 0 saturated heterocycles. The molecule has 4 aliphatic rings. The van der Waals surface area contributed by atoms with Gasteiger partial charge < -0.3 is 10.1 Å². The molecule has 0 aromatic heterocycles. The number of amides is 1. The van der Waals surface area contributed by atoms with Crippen molar-refractivity contribution in [1.82, 2.24) is 5.32 Å². The van der Waals surface area contributed by atoms with E-state index in [1.165, 1.54) is 39.2 Å². The summed E-state index contributed by atoms with van der Waals surface area (Å²) in [6.07, 6.45) is 6.26. The Labute approximate surface area is 127 Å². The second-order valence-electron chi connectivity index (χ2n) is 7.71. The normalized spacial score (nSPS) is 38.4. The van der Waals surface area contributed by atoms with Gasteiger partial charge in [0.1, 0.15) is 6.04 Å². The highest BCUT2D eigenvalue weighted by Crippen LogP contribution is 2.56. The second-order valence-corrected chi connectivity index (χ2v) is 7.71. The van der Waals surface area contributed by atoms with Crippen LogP contribution in [0.15, 0.2) is 0 Å². The van der Waals surface area contributed by atoms with E-state index in [1.54, 1.807) is 0 Å². The minimum atomic E-state index is -0.514. The first-order valence-corrected chi connectivity index (χ1v) is 8.37. The first kappa shape index (κ1) is 14.9. The molecule has 4 fully saturated rings. The van der Waals surface area contributed by atoms with E-state index in [4.69, 9.17) is 4.74 Å². The van der Waals surface area contributed by atoms with Crippen LogP contribution in [-0.2, 0) is 14.3 Å². The SMILES string of the molecule is COC(=O)C(NC(=O)C1C2CC3CC(C2)CC1C3)C(C)C. The number of carbonyl (C=O) groups excluding carboxylic acids is 2. The number of methoxy groups -OCH3 is 1. The average Bonchev–Trinajstić information content (AvgIpc) is 2.42. The lowest BCUT2D eigenvalue weighted by atomic mass is 9.51. The molecule has 21 heavy (non-hydrogen) atoms. The molecule has 4 aliphatic carbocycles. The molecule has 4 rings (SSSR count). The fourth-order valence-electron chi connectivity index (χ4n) is 5.23. The minimum Gasteiger partial charge on any atom is -0.467 e. The number of ether oxygens (including phenoxy) is 1. The van der Waals surface area contributed by atoms with E-state index < -0.39 is 6.04 Å². The fraction of sp³-hybridized carbons (Fsp3) is 0.882. The van der Waals surface area contributed by atoms with Gasteiger partial charge in [0.15, 0.2) is 0 Å². The Balaban J connectivity index is 1.69. The predicted octanol–water partition coefficient (Wildman–Crippen LogP) is 2.37. The highest BCUT2D eigenvalue weighted by atomic mass is 16.5. The Morgan fingerprint density at radius 3 is 1.95 bits per heavy atom. The summed E-state index contributed by atoms with van der Waals surface area (Å²) in [6, 6.07) is -0.514. The van der Waals surface area contributed by atoms with Gasteiger partial charge in [-0.15, -0.1) is 0 Å². The van der Waals surface area contributed by atoms with E-state index in [-0.39, 0.29) is 23.7 Å². The van der Waals surface area contributed by atoms with Crippen molar-refractivity contribution in [2.45, 2.75) is 52.0 Å². The molecule has 1 N–H and O–H groups in total. The van der Waals surface area contributed by atoms with Crippen LogP contribution in [0.2, 0.25) is 0 Å². The van der Waals surface area contributed by atoms with Crippen LogP contribution in [-0.4, -0.2) is 25.0 Å². The Morgan fingerprint density at radius 2 is 1.52 bits per heavy atom. The summed E-state index contributed by atoms with van der Waals surface area (Å²) in [5, 5.41) is 2.98. The maximum atomic E-state index is 12.7. The van der Waals surface area contributed by atoms with E-state index in [9.17, 15) is 9.59 Å². The molecule has 118 valence electrons. The van der Waals surface area contributed by atoms with Crippen LogP contribution in [0.5, 0.6) is 0 Å². The molecule has 4 bridgehead atoms. The molecular formula is C17H27NO3. The Kier molecular flexibility index (Phi) is 3.98. The lowest BCUT2D eigenvalue weighted by molar-refractivity contribution is -0.150. The van der Waals surface area contributed by atoms with Crippen LogP contribution < -0.4 is 5.32 Å².